The van der Waals surface area contributed by atoms with Crippen LogP contribution in [0.4, 0.5) is 0 Å². The lowest BCUT2D eigenvalue weighted by atomic mass is 9.79. The first-order chi connectivity index (χ1) is 42.1. The molecule has 0 radical (unpaired) electrons. The fourth-order valence-electron chi connectivity index (χ4n) is 13.7. The Hall–Kier alpha value is -7.84. The summed E-state index contributed by atoms with van der Waals surface area (Å²) in [6.45, 7) is 30.3. The molecule has 0 fully saturated rings. The van der Waals surface area contributed by atoms with E-state index in [9.17, 15) is 0 Å². The topological polar surface area (TPSA) is 73.8 Å². The number of para-hydroxylation sites is 4. The zero-order valence-corrected chi connectivity index (χ0v) is 54.1. The molecule has 2 aliphatic carbocycles. The van der Waals surface area contributed by atoms with Gasteiger partial charge in [0.2, 0.25) is 0 Å². The molecule has 456 valence electrons. The van der Waals surface area contributed by atoms with Crippen LogP contribution in [0.3, 0.4) is 0 Å². The summed E-state index contributed by atoms with van der Waals surface area (Å²) in [4.78, 5) is 0. The Kier molecular flexibility index (Phi) is 15.6. The monoisotopic (exact) mass is 1180 g/mol. The van der Waals surface area contributed by atoms with E-state index < -0.39 is 0 Å². The van der Waals surface area contributed by atoms with Crippen LogP contribution in [0, 0.1) is 0 Å². The lowest BCUT2D eigenvalue weighted by Gasteiger charge is -2.29. The maximum absolute atomic E-state index is 7.48. The van der Waals surface area contributed by atoms with Crippen molar-refractivity contribution >= 4 is 0 Å². The number of hydrogen-bond donors (Lipinski definition) is 0. The number of rotatable bonds is 0. The van der Waals surface area contributed by atoms with E-state index in [2.05, 4.69) is 204 Å². The highest BCUT2D eigenvalue weighted by Gasteiger charge is 2.31. The molecule has 4 heterocycles. The highest BCUT2D eigenvalue weighted by Crippen LogP contribution is 2.46. The van der Waals surface area contributed by atoms with Gasteiger partial charge in [-0.3, -0.25) is 0 Å². The molecule has 14 rings (SSSR count). The molecule has 8 aromatic rings. The Bertz CT molecular complexity index is 3290. The minimum absolute atomic E-state index is 0.207. The van der Waals surface area contributed by atoms with E-state index in [-0.39, 0.29) is 21.7 Å². The summed E-state index contributed by atoms with van der Waals surface area (Å²) in [5, 5.41) is 0. The molecule has 6 aliphatic rings. The van der Waals surface area contributed by atoms with E-state index in [1.165, 1.54) is 22.3 Å². The summed E-state index contributed by atoms with van der Waals surface area (Å²) in [6, 6.07) is 45.6. The van der Waals surface area contributed by atoms with Crippen molar-refractivity contribution in [2.45, 2.75) is 156 Å². The van der Waals surface area contributed by atoms with Crippen LogP contribution >= 0.6 is 0 Å². The van der Waals surface area contributed by atoms with Crippen LogP contribution in [0.2, 0.25) is 0 Å². The van der Waals surface area contributed by atoms with Crippen LogP contribution < -0.4 is 37.9 Å². The summed E-state index contributed by atoms with van der Waals surface area (Å²) in [6.07, 6.45) is 4.45. The van der Waals surface area contributed by atoms with E-state index in [4.69, 9.17) is 37.9 Å². The van der Waals surface area contributed by atoms with Gasteiger partial charge in [-0.05, 0) is 133 Å². The van der Waals surface area contributed by atoms with Gasteiger partial charge in [0, 0.05) is 51.4 Å². The lowest BCUT2D eigenvalue weighted by molar-refractivity contribution is 0.207. The molecule has 0 saturated heterocycles. The first kappa shape index (κ1) is 59.1. The van der Waals surface area contributed by atoms with Crippen molar-refractivity contribution < 1.29 is 37.9 Å². The largest absolute Gasteiger partial charge is 0.489 e. The summed E-state index contributed by atoms with van der Waals surface area (Å²) >= 11 is 0. The third kappa shape index (κ3) is 12.1. The Labute approximate surface area is 522 Å². The SMILES string of the molecule is CC(C)(C)c1cc2c3c(c1)Cc1cc(C(C)(C)C)cc4c1OCCOc1c5cccc1Cc1cccc6c1OCCOc1c(cc(C(C)(C)C)cc1C4)Cc1cc(C(C)(C)C)cc(c1OCCOc1c(cccc1C6)Cc1cccc(c1OCCO3)C5)C2. The van der Waals surface area contributed by atoms with Crippen molar-refractivity contribution in [1.82, 2.24) is 0 Å². The molecule has 0 unspecified atom stereocenters. The van der Waals surface area contributed by atoms with E-state index in [1.807, 2.05) is 0 Å². The quantitative estimate of drug-likeness (QED) is 0.149. The van der Waals surface area contributed by atoms with Crippen LogP contribution in [-0.2, 0) is 73.0 Å². The molecule has 0 saturated carbocycles. The van der Waals surface area contributed by atoms with Gasteiger partial charge < -0.3 is 37.9 Å². The number of hydrogen-bond acceptors (Lipinski definition) is 8. The first-order valence-electron chi connectivity index (χ1n) is 32.2. The number of ether oxygens (including phenoxy) is 8. The van der Waals surface area contributed by atoms with Gasteiger partial charge in [-0.25, -0.2) is 0 Å². The molecule has 4 aliphatic heterocycles. The molecule has 8 aromatic carbocycles. The van der Waals surface area contributed by atoms with Gasteiger partial charge in [0.05, 0.1) is 0 Å². The second-order valence-corrected chi connectivity index (χ2v) is 29.3. The normalized spacial score (nSPS) is 16.0. The van der Waals surface area contributed by atoms with Crippen molar-refractivity contribution in [2.75, 3.05) is 52.9 Å². The molecule has 24 bridgehead atoms. The van der Waals surface area contributed by atoms with Gasteiger partial charge >= 0.3 is 0 Å². The predicted molar refractivity (Wildman–Crippen MR) is 353 cm³/mol. The van der Waals surface area contributed by atoms with E-state index in [1.54, 1.807) is 0 Å². The molecule has 0 aromatic heterocycles. The Morgan fingerprint density at radius 1 is 0.193 bits per heavy atom. The van der Waals surface area contributed by atoms with Gasteiger partial charge in [0.25, 0.3) is 0 Å². The average Bonchev–Trinajstić information content (AvgIpc) is 1.02. The van der Waals surface area contributed by atoms with Crippen molar-refractivity contribution in [1.29, 1.82) is 0 Å². The minimum atomic E-state index is -0.207. The standard InChI is InChI=1S/C80H88O8/c1-77(2,3)65-41-57-37-59-43-66(78(4,5)6)45-61-39-63-47-68(80(10,11)12)48-64-40-62-46-67(79(7,8)9)44-60-38-58(42-65)73(57)85-29-25-81-69-49-17-13-18-50(69)34-52-20-15-22-54(71(52)83-27-31-87-75(60)62)36-56-24-16-23-55(72(56)84-28-32-88-76(63)64)35-53-21-14-19-51(33-49)70(53)82-26-30-86-74(59)61/h13-24,41-48H,25-40H2,1-12H3. The molecule has 0 amide bonds. The zero-order valence-electron chi connectivity index (χ0n) is 54.1. The first-order valence-corrected chi connectivity index (χ1v) is 32.2. The fraction of sp³-hybridized carbons (Fsp3) is 0.400. The zero-order chi connectivity index (χ0) is 61.3. The molecule has 0 spiro atoms. The summed E-state index contributed by atoms with van der Waals surface area (Å²) in [5.74, 6) is 6.87. The maximum Gasteiger partial charge on any atom is 0.126 e. The van der Waals surface area contributed by atoms with Crippen LogP contribution in [0.15, 0.2) is 121 Å². The van der Waals surface area contributed by atoms with Crippen LogP contribution in [0.5, 0.6) is 46.0 Å². The lowest BCUT2D eigenvalue weighted by Crippen LogP contribution is -2.20. The second kappa shape index (κ2) is 23.3. The Balaban J connectivity index is 1.17. The molecule has 0 atom stereocenters. The molecule has 88 heavy (non-hydrogen) atoms. The summed E-state index contributed by atoms with van der Waals surface area (Å²) in [5.41, 5.74) is 21.4. The van der Waals surface area contributed by atoms with E-state index in [0.29, 0.717) is 104 Å². The summed E-state index contributed by atoms with van der Waals surface area (Å²) in [7, 11) is 0. The maximum atomic E-state index is 7.48. The highest BCUT2D eigenvalue weighted by molar-refractivity contribution is 5.62. The number of fused-ring (bicyclic) bond motifs is 12. The Morgan fingerprint density at radius 3 is 0.455 bits per heavy atom. The minimum Gasteiger partial charge on any atom is -0.489 e. The highest BCUT2D eigenvalue weighted by atomic mass is 16.5. The average molecular weight is 1180 g/mol. The summed E-state index contributed by atoms with van der Waals surface area (Å²) < 4.78 is 59.1. The molecular weight excluding hydrogens is 1090 g/mol. The van der Waals surface area contributed by atoms with Gasteiger partial charge in [0.15, 0.2) is 0 Å². The van der Waals surface area contributed by atoms with Crippen molar-refractivity contribution in [3.8, 4) is 46.0 Å². The fourth-order valence-corrected chi connectivity index (χ4v) is 13.7. The van der Waals surface area contributed by atoms with Crippen LogP contribution in [0.1, 0.15) is 194 Å². The van der Waals surface area contributed by atoms with Gasteiger partial charge in [-0.1, -0.05) is 204 Å². The van der Waals surface area contributed by atoms with Crippen molar-refractivity contribution in [3.05, 3.63) is 233 Å². The van der Waals surface area contributed by atoms with Crippen LogP contribution in [0.25, 0.3) is 0 Å². The molecule has 8 nitrogen and oxygen atoms in total. The Morgan fingerprint density at radius 2 is 0.318 bits per heavy atom. The van der Waals surface area contributed by atoms with Crippen LogP contribution in [-0.4, -0.2) is 52.9 Å². The van der Waals surface area contributed by atoms with E-state index in [0.717, 1.165) is 135 Å². The smallest absolute Gasteiger partial charge is 0.126 e. The van der Waals surface area contributed by atoms with Gasteiger partial charge in [-0.2, -0.15) is 0 Å². The van der Waals surface area contributed by atoms with Crippen molar-refractivity contribution in [3.63, 3.8) is 0 Å². The third-order valence-corrected chi connectivity index (χ3v) is 18.5. The van der Waals surface area contributed by atoms with Gasteiger partial charge in [-0.15, -0.1) is 0 Å². The molecule has 8 heteroatoms. The van der Waals surface area contributed by atoms with E-state index >= 15 is 0 Å². The van der Waals surface area contributed by atoms with Gasteiger partial charge in [0.1, 0.15) is 98.9 Å². The second-order valence-electron chi connectivity index (χ2n) is 29.3. The van der Waals surface area contributed by atoms with Crippen molar-refractivity contribution in [2.24, 2.45) is 0 Å². The molecule has 0 N–H and O–H groups in total. The molecular formula is C80H88O8. The predicted octanol–water partition coefficient (Wildman–Crippen LogP) is 17.0. The third-order valence-electron chi connectivity index (χ3n) is 18.5. The number of benzene rings is 8.